The van der Waals surface area contributed by atoms with Gasteiger partial charge in [-0.2, -0.15) is 0 Å². The van der Waals surface area contributed by atoms with Crippen LogP contribution in [0.25, 0.3) is 0 Å². The largest absolute Gasteiger partial charge is 0.481 e. The first kappa shape index (κ1) is 17.7. The van der Waals surface area contributed by atoms with Gasteiger partial charge in [-0.05, 0) is 47.1 Å². The predicted octanol–water partition coefficient (Wildman–Crippen LogP) is 2.74. The number of aryl methyl sites for hydroxylation is 1. The molecule has 21 heavy (non-hydrogen) atoms. The number of aliphatic carboxylic acids is 1. The molecule has 116 valence electrons. The van der Waals surface area contributed by atoms with Gasteiger partial charge in [-0.1, -0.05) is 19.9 Å². The van der Waals surface area contributed by atoms with Gasteiger partial charge in [0.25, 0.3) is 0 Å². The van der Waals surface area contributed by atoms with Crippen LogP contribution in [0.3, 0.4) is 0 Å². The fourth-order valence-electron chi connectivity index (χ4n) is 1.89. The van der Waals surface area contributed by atoms with Gasteiger partial charge < -0.3 is 10.4 Å². The summed E-state index contributed by atoms with van der Waals surface area (Å²) in [6.07, 6.45) is 0. The molecule has 0 spiro atoms. The number of nitrogens with zero attached hydrogens (tertiary/aromatic N) is 1. The van der Waals surface area contributed by atoms with Crippen LogP contribution in [0.15, 0.2) is 22.7 Å². The molecule has 1 atom stereocenters. The van der Waals surface area contributed by atoms with Gasteiger partial charge in [0.15, 0.2) is 0 Å². The number of carbonyl (C=O) groups is 2. The summed E-state index contributed by atoms with van der Waals surface area (Å²) < 4.78 is 0.831. The molecule has 0 aliphatic rings. The molecule has 1 aromatic rings. The molecule has 0 aromatic heterocycles. The van der Waals surface area contributed by atoms with Crippen LogP contribution in [0.4, 0.5) is 5.69 Å². The lowest BCUT2D eigenvalue weighted by molar-refractivity contribution is -0.142. The van der Waals surface area contributed by atoms with Crippen molar-refractivity contribution in [3.63, 3.8) is 0 Å². The number of nitrogens with one attached hydrogen (secondary N) is 1. The van der Waals surface area contributed by atoms with E-state index in [0.717, 1.165) is 10.0 Å². The fraction of sp³-hybridized carbons (Fsp3) is 0.467. The van der Waals surface area contributed by atoms with Gasteiger partial charge in [0.1, 0.15) is 0 Å². The Labute approximate surface area is 133 Å². The van der Waals surface area contributed by atoms with Crippen molar-refractivity contribution in [2.24, 2.45) is 5.92 Å². The van der Waals surface area contributed by atoms with E-state index in [0.29, 0.717) is 18.8 Å². The van der Waals surface area contributed by atoms with Crippen molar-refractivity contribution < 1.29 is 14.7 Å². The van der Waals surface area contributed by atoms with Crippen molar-refractivity contribution in [1.82, 2.24) is 4.90 Å². The highest BCUT2D eigenvalue weighted by molar-refractivity contribution is 9.10. The standard InChI is InChI=1S/C15H21BrN2O3/c1-4-18(8-11(3)15(20)21)9-14(19)17-13-6-5-10(2)7-12(13)16/h5-7,11H,4,8-9H2,1-3H3,(H,17,19)(H,20,21). The molecule has 0 saturated heterocycles. The highest BCUT2D eigenvalue weighted by atomic mass is 79.9. The number of benzene rings is 1. The number of rotatable bonds is 7. The summed E-state index contributed by atoms with van der Waals surface area (Å²) in [5.41, 5.74) is 1.82. The number of carboxylic acids is 1. The molecule has 6 heteroatoms. The Morgan fingerprint density at radius 1 is 1.43 bits per heavy atom. The van der Waals surface area contributed by atoms with E-state index in [1.807, 2.05) is 36.9 Å². The maximum Gasteiger partial charge on any atom is 0.307 e. The second-order valence-corrected chi connectivity index (χ2v) is 5.95. The Balaban J connectivity index is 2.60. The lowest BCUT2D eigenvalue weighted by atomic mass is 10.1. The van der Waals surface area contributed by atoms with Gasteiger partial charge in [0.2, 0.25) is 5.91 Å². The summed E-state index contributed by atoms with van der Waals surface area (Å²) >= 11 is 3.41. The zero-order chi connectivity index (χ0) is 16.0. The van der Waals surface area contributed by atoms with Gasteiger partial charge in [-0.3, -0.25) is 14.5 Å². The number of anilines is 1. The molecule has 0 radical (unpaired) electrons. The van der Waals surface area contributed by atoms with Crippen molar-refractivity contribution in [2.45, 2.75) is 20.8 Å². The quantitative estimate of drug-likeness (QED) is 0.787. The average Bonchev–Trinajstić information content (AvgIpc) is 2.40. The average molecular weight is 357 g/mol. The minimum Gasteiger partial charge on any atom is -0.481 e. The number of carboxylic acid groups (broad SMARTS) is 1. The zero-order valence-corrected chi connectivity index (χ0v) is 14.1. The summed E-state index contributed by atoms with van der Waals surface area (Å²) in [6.45, 7) is 6.68. The third-order valence-corrected chi connectivity index (χ3v) is 3.82. The molecule has 1 rings (SSSR count). The van der Waals surface area contributed by atoms with E-state index in [2.05, 4.69) is 21.2 Å². The molecule has 0 bridgehead atoms. The van der Waals surface area contributed by atoms with Crippen LogP contribution in [0, 0.1) is 12.8 Å². The summed E-state index contributed by atoms with van der Waals surface area (Å²) in [5, 5.41) is 11.8. The number of carbonyl (C=O) groups excluding carboxylic acids is 1. The van der Waals surface area contributed by atoms with E-state index in [-0.39, 0.29) is 12.5 Å². The normalized spacial score (nSPS) is 12.2. The van der Waals surface area contributed by atoms with Crippen LogP contribution in [-0.2, 0) is 9.59 Å². The van der Waals surface area contributed by atoms with Crippen molar-refractivity contribution in [2.75, 3.05) is 25.0 Å². The molecule has 0 heterocycles. The molecule has 1 aromatic carbocycles. The lowest BCUT2D eigenvalue weighted by Gasteiger charge is -2.22. The molecule has 5 nitrogen and oxygen atoms in total. The van der Waals surface area contributed by atoms with Crippen LogP contribution < -0.4 is 5.32 Å². The Morgan fingerprint density at radius 3 is 2.62 bits per heavy atom. The third kappa shape index (κ3) is 5.85. The monoisotopic (exact) mass is 356 g/mol. The molecule has 1 unspecified atom stereocenters. The molecule has 2 N–H and O–H groups in total. The van der Waals surface area contributed by atoms with Crippen LogP contribution in [0.1, 0.15) is 19.4 Å². The minimum atomic E-state index is -0.852. The molecule has 0 saturated carbocycles. The molecule has 1 amide bonds. The van der Waals surface area contributed by atoms with E-state index < -0.39 is 11.9 Å². The predicted molar refractivity (Wildman–Crippen MR) is 86.4 cm³/mol. The van der Waals surface area contributed by atoms with Gasteiger partial charge in [-0.15, -0.1) is 0 Å². The molecule has 0 aliphatic heterocycles. The highest BCUT2D eigenvalue weighted by Gasteiger charge is 2.17. The zero-order valence-electron chi connectivity index (χ0n) is 12.5. The van der Waals surface area contributed by atoms with E-state index >= 15 is 0 Å². The van der Waals surface area contributed by atoms with E-state index in [1.54, 1.807) is 6.92 Å². The smallest absolute Gasteiger partial charge is 0.307 e. The summed E-state index contributed by atoms with van der Waals surface area (Å²) in [5.74, 6) is -1.50. The Hall–Kier alpha value is -1.40. The van der Waals surface area contributed by atoms with Crippen LogP contribution in [0.5, 0.6) is 0 Å². The Bertz CT molecular complexity index is 520. The molecular weight excluding hydrogens is 336 g/mol. The van der Waals surface area contributed by atoms with E-state index in [9.17, 15) is 9.59 Å². The van der Waals surface area contributed by atoms with Crippen molar-refractivity contribution >= 4 is 33.5 Å². The number of amides is 1. The number of likely N-dealkylation sites (N-methyl/N-ethyl adjacent to an activating group) is 1. The Kier molecular flexibility index (Phi) is 6.84. The number of hydrogen-bond acceptors (Lipinski definition) is 3. The number of hydrogen-bond donors (Lipinski definition) is 2. The van der Waals surface area contributed by atoms with Crippen LogP contribution >= 0.6 is 15.9 Å². The lowest BCUT2D eigenvalue weighted by Crippen LogP contribution is -2.37. The number of halogens is 1. The minimum absolute atomic E-state index is 0.154. The second kappa shape index (κ2) is 8.14. The van der Waals surface area contributed by atoms with Gasteiger partial charge in [0.05, 0.1) is 18.2 Å². The van der Waals surface area contributed by atoms with Crippen molar-refractivity contribution in [1.29, 1.82) is 0 Å². The van der Waals surface area contributed by atoms with Crippen molar-refractivity contribution in [3.8, 4) is 0 Å². The Morgan fingerprint density at radius 2 is 2.10 bits per heavy atom. The van der Waals surface area contributed by atoms with Gasteiger partial charge >= 0.3 is 5.97 Å². The third-order valence-electron chi connectivity index (χ3n) is 3.17. The molecule has 0 aliphatic carbocycles. The first-order chi connectivity index (χ1) is 9.83. The van der Waals surface area contributed by atoms with Crippen molar-refractivity contribution in [3.05, 3.63) is 28.2 Å². The fourth-order valence-corrected chi connectivity index (χ4v) is 2.48. The molecule has 0 fully saturated rings. The van der Waals surface area contributed by atoms with Gasteiger partial charge in [-0.25, -0.2) is 0 Å². The van der Waals surface area contributed by atoms with Gasteiger partial charge in [0, 0.05) is 11.0 Å². The second-order valence-electron chi connectivity index (χ2n) is 5.10. The van der Waals surface area contributed by atoms with Crippen LogP contribution in [0.2, 0.25) is 0 Å². The highest BCUT2D eigenvalue weighted by Crippen LogP contribution is 2.23. The first-order valence-electron chi connectivity index (χ1n) is 6.84. The van der Waals surface area contributed by atoms with E-state index in [1.165, 1.54) is 0 Å². The van der Waals surface area contributed by atoms with E-state index in [4.69, 9.17) is 5.11 Å². The SMILES string of the molecule is CCN(CC(=O)Nc1ccc(C)cc1Br)CC(C)C(=O)O. The summed E-state index contributed by atoms with van der Waals surface area (Å²) in [6, 6.07) is 5.69. The summed E-state index contributed by atoms with van der Waals surface area (Å²) in [7, 11) is 0. The topological polar surface area (TPSA) is 69.6 Å². The maximum absolute atomic E-state index is 12.0. The van der Waals surface area contributed by atoms with Crippen LogP contribution in [-0.4, -0.2) is 41.5 Å². The first-order valence-corrected chi connectivity index (χ1v) is 7.64. The maximum atomic E-state index is 12.0. The summed E-state index contributed by atoms with van der Waals surface area (Å²) in [4.78, 5) is 24.7. The molecular formula is C15H21BrN2O3.